The SMILES string of the molecule is CC1(C)c2cc(N(c3ccccc3)c3ccc(-c4ccc(N(c5ccccc5)c5ccccc5)cc4)cc3)ccc2-c2ccc(N(c3ccccc3)c3cccc(Cl)c3)cc21. The molecule has 0 N–H and O–H groups in total. The summed E-state index contributed by atoms with van der Waals surface area (Å²) in [7, 11) is 0. The van der Waals surface area contributed by atoms with E-state index in [0.29, 0.717) is 5.02 Å². The topological polar surface area (TPSA) is 9.72 Å². The summed E-state index contributed by atoms with van der Waals surface area (Å²) in [6.45, 7) is 4.70. The molecule has 0 aliphatic heterocycles. The Morgan fingerprint density at radius 2 is 0.590 bits per heavy atom. The van der Waals surface area contributed by atoms with E-state index in [1.807, 2.05) is 18.2 Å². The fourth-order valence-corrected chi connectivity index (χ4v) is 9.05. The molecule has 0 saturated heterocycles. The molecule has 9 aromatic rings. The number of hydrogen-bond acceptors (Lipinski definition) is 3. The van der Waals surface area contributed by atoms with Gasteiger partial charge in [0.15, 0.2) is 0 Å². The Bertz CT molecular complexity index is 2890. The standard InChI is InChI=1S/C57H44ClN3/c1-57(2)55-39-51(34-36-53(55)54-37-35-52(40-56(54)57)61(47-23-13-6-14-24-47)50-25-15-16-43(58)38-50)60(46-21-11-5-12-22-46)49-32-28-42(29-33-49)41-26-30-48(31-27-41)59(44-17-7-3-8-18-44)45-19-9-4-10-20-45/h3-40H,1-2H3. The highest BCUT2D eigenvalue weighted by Crippen LogP contribution is 2.52. The summed E-state index contributed by atoms with van der Waals surface area (Å²) >= 11 is 6.55. The lowest BCUT2D eigenvalue weighted by Gasteiger charge is -2.29. The molecule has 0 heterocycles. The summed E-state index contributed by atoms with van der Waals surface area (Å²) in [6.07, 6.45) is 0. The number of rotatable bonds is 10. The van der Waals surface area contributed by atoms with Gasteiger partial charge in [0.2, 0.25) is 0 Å². The third-order valence-electron chi connectivity index (χ3n) is 11.9. The third-order valence-corrected chi connectivity index (χ3v) is 12.1. The Morgan fingerprint density at radius 1 is 0.295 bits per heavy atom. The molecular formula is C57H44ClN3. The van der Waals surface area contributed by atoms with Gasteiger partial charge in [-0.15, -0.1) is 0 Å². The van der Waals surface area contributed by atoms with Crippen LogP contribution in [0.2, 0.25) is 5.02 Å². The molecule has 0 spiro atoms. The molecule has 0 atom stereocenters. The summed E-state index contributed by atoms with van der Waals surface area (Å²) in [4.78, 5) is 6.95. The van der Waals surface area contributed by atoms with Gasteiger partial charge in [-0.2, -0.15) is 0 Å². The van der Waals surface area contributed by atoms with Gasteiger partial charge in [0.05, 0.1) is 0 Å². The van der Waals surface area contributed by atoms with Crippen molar-refractivity contribution in [1.82, 2.24) is 0 Å². The maximum Gasteiger partial charge on any atom is 0.0476 e. The smallest absolute Gasteiger partial charge is 0.0476 e. The first kappa shape index (κ1) is 37.9. The molecule has 0 amide bonds. The van der Waals surface area contributed by atoms with Gasteiger partial charge >= 0.3 is 0 Å². The van der Waals surface area contributed by atoms with Crippen molar-refractivity contribution in [3.05, 3.63) is 247 Å². The van der Waals surface area contributed by atoms with Crippen LogP contribution in [0, 0.1) is 0 Å². The van der Waals surface area contributed by atoms with Crippen molar-refractivity contribution in [1.29, 1.82) is 0 Å². The Balaban J connectivity index is 0.977. The zero-order valence-corrected chi connectivity index (χ0v) is 34.9. The second kappa shape index (κ2) is 16.0. The number of anilines is 9. The van der Waals surface area contributed by atoms with Crippen LogP contribution in [0.5, 0.6) is 0 Å². The number of fused-ring (bicyclic) bond motifs is 3. The molecule has 0 fully saturated rings. The minimum atomic E-state index is -0.248. The van der Waals surface area contributed by atoms with Crippen LogP contribution in [0.25, 0.3) is 22.3 Å². The van der Waals surface area contributed by atoms with Gasteiger partial charge in [0, 0.05) is 61.6 Å². The zero-order valence-electron chi connectivity index (χ0n) is 34.2. The van der Waals surface area contributed by atoms with E-state index in [1.165, 1.54) is 27.8 Å². The van der Waals surface area contributed by atoms with Gasteiger partial charge in [-0.3, -0.25) is 0 Å². The predicted octanol–water partition coefficient (Wildman–Crippen LogP) is 16.7. The first-order valence-electron chi connectivity index (χ1n) is 20.8. The largest absolute Gasteiger partial charge is 0.311 e. The van der Waals surface area contributed by atoms with Gasteiger partial charge in [-0.05, 0) is 149 Å². The van der Waals surface area contributed by atoms with Crippen molar-refractivity contribution in [2.45, 2.75) is 19.3 Å². The second-order valence-electron chi connectivity index (χ2n) is 16.0. The lowest BCUT2D eigenvalue weighted by molar-refractivity contribution is 0.660. The number of benzene rings is 9. The molecule has 3 nitrogen and oxygen atoms in total. The van der Waals surface area contributed by atoms with E-state index in [4.69, 9.17) is 11.6 Å². The quantitative estimate of drug-likeness (QED) is 0.136. The molecule has 0 radical (unpaired) electrons. The molecule has 10 rings (SSSR count). The van der Waals surface area contributed by atoms with Gasteiger partial charge in [0.25, 0.3) is 0 Å². The van der Waals surface area contributed by atoms with Gasteiger partial charge in [-0.1, -0.05) is 141 Å². The van der Waals surface area contributed by atoms with Crippen LogP contribution in [0.15, 0.2) is 231 Å². The van der Waals surface area contributed by atoms with Crippen LogP contribution in [-0.4, -0.2) is 0 Å². The average Bonchev–Trinajstić information content (AvgIpc) is 3.53. The molecule has 4 heteroatoms. The van der Waals surface area contributed by atoms with Crippen LogP contribution >= 0.6 is 11.6 Å². The van der Waals surface area contributed by atoms with E-state index in [0.717, 1.165) is 56.7 Å². The molecular weight excluding hydrogens is 762 g/mol. The molecule has 1 aliphatic carbocycles. The van der Waals surface area contributed by atoms with E-state index >= 15 is 0 Å². The van der Waals surface area contributed by atoms with Crippen molar-refractivity contribution in [2.24, 2.45) is 0 Å². The monoisotopic (exact) mass is 805 g/mol. The molecule has 9 aromatic carbocycles. The minimum Gasteiger partial charge on any atom is -0.311 e. The van der Waals surface area contributed by atoms with Crippen molar-refractivity contribution in [3.63, 3.8) is 0 Å². The average molecular weight is 806 g/mol. The van der Waals surface area contributed by atoms with E-state index < -0.39 is 0 Å². The number of nitrogens with zero attached hydrogens (tertiary/aromatic N) is 3. The lowest BCUT2D eigenvalue weighted by atomic mass is 9.82. The van der Waals surface area contributed by atoms with Crippen molar-refractivity contribution < 1.29 is 0 Å². The predicted molar refractivity (Wildman–Crippen MR) is 259 cm³/mol. The fourth-order valence-electron chi connectivity index (χ4n) is 8.86. The fraction of sp³-hybridized carbons (Fsp3) is 0.0526. The summed E-state index contributed by atoms with van der Waals surface area (Å²) in [6, 6.07) is 82.0. The van der Waals surface area contributed by atoms with Crippen molar-refractivity contribution >= 4 is 62.8 Å². The maximum absolute atomic E-state index is 6.55. The lowest BCUT2D eigenvalue weighted by Crippen LogP contribution is -2.17. The third kappa shape index (κ3) is 7.24. The summed E-state index contributed by atoms with van der Waals surface area (Å²) in [5.74, 6) is 0. The highest BCUT2D eigenvalue weighted by atomic mass is 35.5. The highest BCUT2D eigenvalue weighted by molar-refractivity contribution is 6.30. The molecule has 1 aliphatic rings. The number of para-hydroxylation sites is 4. The van der Waals surface area contributed by atoms with Crippen LogP contribution in [0.4, 0.5) is 51.2 Å². The molecule has 0 bridgehead atoms. The second-order valence-corrected chi connectivity index (χ2v) is 16.4. The molecule has 61 heavy (non-hydrogen) atoms. The Morgan fingerprint density at radius 3 is 0.967 bits per heavy atom. The molecule has 0 unspecified atom stereocenters. The maximum atomic E-state index is 6.55. The van der Waals surface area contributed by atoms with E-state index in [2.05, 4.69) is 241 Å². The molecule has 294 valence electrons. The first-order valence-corrected chi connectivity index (χ1v) is 21.2. The minimum absolute atomic E-state index is 0.248. The number of hydrogen-bond donors (Lipinski definition) is 0. The Labute approximate surface area is 364 Å². The first-order chi connectivity index (χ1) is 29.9. The van der Waals surface area contributed by atoms with E-state index in [9.17, 15) is 0 Å². The highest BCUT2D eigenvalue weighted by Gasteiger charge is 2.37. The zero-order chi connectivity index (χ0) is 41.3. The van der Waals surface area contributed by atoms with Crippen LogP contribution in [-0.2, 0) is 5.41 Å². The molecule has 0 aromatic heterocycles. The van der Waals surface area contributed by atoms with E-state index in [1.54, 1.807) is 0 Å². The summed E-state index contributed by atoms with van der Waals surface area (Å²) in [5.41, 5.74) is 17.1. The Hall–Kier alpha value is -7.33. The van der Waals surface area contributed by atoms with Crippen LogP contribution in [0.3, 0.4) is 0 Å². The van der Waals surface area contributed by atoms with Gasteiger partial charge in [-0.25, -0.2) is 0 Å². The van der Waals surface area contributed by atoms with Crippen molar-refractivity contribution in [3.8, 4) is 22.3 Å². The Kier molecular flexibility index (Phi) is 9.96. The molecule has 0 saturated carbocycles. The van der Waals surface area contributed by atoms with Crippen LogP contribution in [0.1, 0.15) is 25.0 Å². The van der Waals surface area contributed by atoms with Crippen molar-refractivity contribution in [2.75, 3.05) is 14.7 Å². The normalized spacial score (nSPS) is 12.3. The van der Waals surface area contributed by atoms with Gasteiger partial charge in [0.1, 0.15) is 0 Å². The number of halogens is 1. The van der Waals surface area contributed by atoms with Gasteiger partial charge < -0.3 is 14.7 Å². The van der Waals surface area contributed by atoms with Crippen LogP contribution < -0.4 is 14.7 Å². The summed E-state index contributed by atoms with van der Waals surface area (Å²) in [5, 5.41) is 0.709. The summed E-state index contributed by atoms with van der Waals surface area (Å²) < 4.78 is 0. The van der Waals surface area contributed by atoms with E-state index in [-0.39, 0.29) is 5.41 Å².